The first-order valence-corrected chi connectivity index (χ1v) is 6.22. The van der Waals surface area contributed by atoms with Crippen LogP contribution in [0.25, 0.3) is 11.5 Å². The van der Waals surface area contributed by atoms with E-state index >= 15 is 0 Å². The van der Waals surface area contributed by atoms with Crippen molar-refractivity contribution in [2.24, 2.45) is 0 Å². The molecule has 2 rings (SSSR count). The average Bonchev–Trinajstić information content (AvgIpc) is 2.85. The summed E-state index contributed by atoms with van der Waals surface area (Å²) in [5.41, 5.74) is 0.757. The summed E-state index contributed by atoms with van der Waals surface area (Å²) in [5, 5.41) is 16.3. The molecule has 0 aliphatic carbocycles. The molecule has 0 radical (unpaired) electrons. The Hall–Kier alpha value is -1.89. The van der Waals surface area contributed by atoms with Gasteiger partial charge in [0.2, 0.25) is 5.89 Å². The van der Waals surface area contributed by atoms with E-state index in [0.717, 1.165) is 17.3 Å². The van der Waals surface area contributed by atoms with Gasteiger partial charge in [-0.15, -0.1) is 10.2 Å². The average molecular weight is 265 g/mol. The van der Waals surface area contributed by atoms with Crippen LogP contribution in [-0.4, -0.2) is 31.5 Å². The fraction of sp³-hybridized carbons (Fsp3) is 0.273. The number of pyridine rings is 1. The van der Waals surface area contributed by atoms with E-state index in [1.54, 1.807) is 31.5 Å². The number of carboxylic acid groups (broad SMARTS) is 1. The van der Waals surface area contributed by atoms with Crippen molar-refractivity contribution in [1.29, 1.82) is 0 Å². The van der Waals surface area contributed by atoms with Gasteiger partial charge in [-0.2, -0.15) is 0 Å². The van der Waals surface area contributed by atoms with Crippen molar-refractivity contribution in [2.45, 2.75) is 23.8 Å². The standard InChI is InChI=1S/C11H11N3O3S/c1-2-8(10(15)16)18-11-14-13-9(17-11)7-3-5-12-6-4-7/h3-6,8H,2H2,1H3,(H,15,16). The first kappa shape index (κ1) is 12.6. The normalized spacial score (nSPS) is 12.3. The topological polar surface area (TPSA) is 89.1 Å². The number of carboxylic acids is 1. The molecule has 2 aromatic rings. The molecule has 0 aliphatic rings. The van der Waals surface area contributed by atoms with Gasteiger partial charge >= 0.3 is 5.97 Å². The van der Waals surface area contributed by atoms with E-state index in [4.69, 9.17) is 9.52 Å². The van der Waals surface area contributed by atoms with Gasteiger partial charge in [-0.25, -0.2) is 0 Å². The molecule has 0 bridgehead atoms. The zero-order chi connectivity index (χ0) is 13.0. The summed E-state index contributed by atoms with van der Waals surface area (Å²) in [5.74, 6) is -0.522. The van der Waals surface area contributed by atoms with Crippen LogP contribution in [0.1, 0.15) is 13.3 Å². The summed E-state index contributed by atoms with van der Waals surface area (Å²) in [4.78, 5) is 14.8. The van der Waals surface area contributed by atoms with Crippen LogP contribution in [0.3, 0.4) is 0 Å². The maximum absolute atomic E-state index is 10.9. The fourth-order valence-corrected chi connectivity index (χ4v) is 2.02. The first-order valence-electron chi connectivity index (χ1n) is 5.34. The Labute approximate surface area is 107 Å². The molecule has 0 aliphatic heterocycles. The Bertz CT molecular complexity index is 529. The van der Waals surface area contributed by atoms with Crippen molar-refractivity contribution in [3.8, 4) is 11.5 Å². The van der Waals surface area contributed by atoms with E-state index in [0.29, 0.717) is 12.3 Å². The molecule has 0 aromatic carbocycles. The van der Waals surface area contributed by atoms with Crippen molar-refractivity contribution in [3.05, 3.63) is 24.5 Å². The zero-order valence-corrected chi connectivity index (χ0v) is 10.4. The van der Waals surface area contributed by atoms with Gasteiger partial charge in [0.15, 0.2) is 0 Å². The molecule has 18 heavy (non-hydrogen) atoms. The summed E-state index contributed by atoms with van der Waals surface area (Å²) in [7, 11) is 0. The van der Waals surface area contributed by atoms with Crippen LogP contribution < -0.4 is 0 Å². The molecule has 94 valence electrons. The predicted molar refractivity (Wildman–Crippen MR) is 65.1 cm³/mol. The minimum atomic E-state index is -0.883. The molecule has 0 saturated carbocycles. The van der Waals surface area contributed by atoms with E-state index in [1.165, 1.54) is 0 Å². The highest BCUT2D eigenvalue weighted by atomic mass is 32.2. The van der Waals surface area contributed by atoms with Crippen molar-refractivity contribution in [1.82, 2.24) is 15.2 Å². The number of nitrogens with zero attached hydrogens (tertiary/aromatic N) is 3. The third-order valence-corrected chi connectivity index (χ3v) is 3.41. The Balaban J connectivity index is 2.14. The number of carbonyl (C=O) groups is 1. The lowest BCUT2D eigenvalue weighted by Crippen LogP contribution is -2.14. The third kappa shape index (κ3) is 2.86. The number of hydrogen-bond donors (Lipinski definition) is 1. The van der Waals surface area contributed by atoms with Crippen molar-refractivity contribution >= 4 is 17.7 Å². The third-order valence-electron chi connectivity index (χ3n) is 2.22. The fourth-order valence-electron chi connectivity index (χ4n) is 1.30. The number of aliphatic carboxylic acids is 1. The Morgan fingerprint density at radius 2 is 2.17 bits per heavy atom. The van der Waals surface area contributed by atoms with Crippen LogP contribution >= 0.6 is 11.8 Å². The molecule has 1 unspecified atom stereocenters. The second-order valence-corrected chi connectivity index (χ2v) is 4.62. The molecule has 2 aromatic heterocycles. The second-order valence-electron chi connectivity index (χ2n) is 3.46. The molecule has 0 spiro atoms. The monoisotopic (exact) mass is 265 g/mol. The summed E-state index contributed by atoms with van der Waals surface area (Å²) < 4.78 is 5.40. The van der Waals surface area contributed by atoms with Gasteiger partial charge in [0.1, 0.15) is 5.25 Å². The summed E-state index contributed by atoms with van der Waals surface area (Å²) in [6, 6.07) is 3.49. The summed E-state index contributed by atoms with van der Waals surface area (Å²) in [6.07, 6.45) is 3.74. The van der Waals surface area contributed by atoms with Crippen molar-refractivity contribution in [3.63, 3.8) is 0 Å². The molecule has 1 atom stereocenters. The van der Waals surface area contributed by atoms with Gasteiger partial charge in [-0.1, -0.05) is 18.7 Å². The molecule has 0 amide bonds. The van der Waals surface area contributed by atoms with Gasteiger partial charge in [-0.05, 0) is 18.6 Å². The highest BCUT2D eigenvalue weighted by Crippen LogP contribution is 2.27. The number of hydrogen-bond acceptors (Lipinski definition) is 6. The van der Waals surface area contributed by atoms with E-state index in [2.05, 4.69) is 15.2 Å². The van der Waals surface area contributed by atoms with Gasteiger partial charge in [0.25, 0.3) is 5.22 Å². The quantitative estimate of drug-likeness (QED) is 0.828. The van der Waals surface area contributed by atoms with Crippen molar-refractivity contribution in [2.75, 3.05) is 0 Å². The molecule has 1 N–H and O–H groups in total. The molecule has 2 heterocycles. The van der Waals surface area contributed by atoms with Gasteiger partial charge < -0.3 is 9.52 Å². The molecule has 0 fully saturated rings. The van der Waals surface area contributed by atoms with Crippen LogP contribution in [0.4, 0.5) is 0 Å². The Morgan fingerprint density at radius 1 is 1.44 bits per heavy atom. The SMILES string of the molecule is CCC(Sc1nnc(-c2ccncc2)o1)C(=O)O. The number of rotatable bonds is 5. The molecule has 7 heteroatoms. The number of aromatic nitrogens is 3. The zero-order valence-electron chi connectivity index (χ0n) is 9.61. The molecule has 0 saturated heterocycles. The van der Waals surface area contributed by atoms with Crippen molar-refractivity contribution < 1.29 is 14.3 Å². The summed E-state index contributed by atoms with van der Waals surface area (Å²) >= 11 is 1.06. The van der Waals surface area contributed by atoms with Crippen LogP contribution in [-0.2, 0) is 4.79 Å². The Morgan fingerprint density at radius 3 is 2.78 bits per heavy atom. The minimum Gasteiger partial charge on any atom is -0.480 e. The highest BCUT2D eigenvalue weighted by Gasteiger charge is 2.20. The first-order chi connectivity index (χ1) is 8.70. The van der Waals surface area contributed by atoms with Crippen LogP contribution in [0.5, 0.6) is 0 Å². The van der Waals surface area contributed by atoms with Crippen LogP contribution in [0, 0.1) is 0 Å². The lowest BCUT2D eigenvalue weighted by Gasteiger charge is -2.04. The van der Waals surface area contributed by atoms with Gasteiger partial charge in [-0.3, -0.25) is 9.78 Å². The van der Waals surface area contributed by atoms with E-state index in [-0.39, 0.29) is 5.22 Å². The lowest BCUT2D eigenvalue weighted by molar-refractivity contribution is -0.136. The summed E-state index contributed by atoms with van der Waals surface area (Å²) in [6.45, 7) is 1.80. The number of thioether (sulfide) groups is 1. The molecule has 6 nitrogen and oxygen atoms in total. The minimum absolute atomic E-state index is 0.260. The maximum atomic E-state index is 10.9. The Kier molecular flexibility index (Phi) is 3.93. The van der Waals surface area contributed by atoms with Gasteiger partial charge in [0, 0.05) is 18.0 Å². The van der Waals surface area contributed by atoms with E-state index in [1.807, 2.05) is 0 Å². The van der Waals surface area contributed by atoms with Crippen LogP contribution in [0.2, 0.25) is 0 Å². The predicted octanol–water partition coefficient (Wildman–Crippen LogP) is 2.09. The lowest BCUT2D eigenvalue weighted by atomic mass is 10.3. The molecular weight excluding hydrogens is 254 g/mol. The van der Waals surface area contributed by atoms with Crippen LogP contribution in [0.15, 0.2) is 34.2 Å². The second kappa shape index (κ2) is 5.63. The smallest absolute Gasteiger partial charge is 0.317 e. The van der Waals surface area contributed by atoms with Gasteiger partial charge in [0.05, 0.1) is 0 Å². The van der Waals surface area contributed by atoms with E-state index < -0.39 is 11.2 Å². The van der Waals surface area contributed by atoms with E-state index in [9.17, 15) is 4.79 Å². The molecular formula is C11H11N3O3S. The largest absolute Gasteiger partial charge is 0.480 e. The highest BCUT2D eigenvalue weighted by molar-refractivity contribution is 8.00. The maximum Gasteiger partial charge on any atom is 0.317 e.